The van der Waals surface area contributed by atoms with E-state index in [2.05, 4.69) is 0 Å². The second kappa shape index (κ2) is 3.20. The molecule has 1 aliphatic rings. The number of carbonyl (C=O) groups excluding carboxylic acids is 1. The van der Waals surface area contributed by atoms with Gasteiger partial charge in [-0.15, -0.1) is 11.8 Å². The van der Waals surface area contributed by atoms with Crippen molar-refractivity contribution in [2.45, 2.75) is 11.5 Å². The lowest BCUT2D eigenvalue weighted by atomic mass is 10.5. The number of thioether (sulfide) groups is 1. The van der Waals surface area contributed by atoms with Crippen LogP contribution < -0.4 is 0 Å². The molecule has 4 heteroatoms. The average molecular weight is 148 g/mol. The first-order valence-electron chi connectivity index (χ1n) is 2.70. The Morgan fingerprint density at radius 3 is 3.00 bits per heavy atom. The maximum Gasteiger partial charge on any atom is 0.149 e. The Morgan fingerprint density at radius 2 is 2.67 bits per heavy atom. The van der Waals surface area contributed by atoms with Gasteiger partial charge in [-0.05, 0) is 0 Å². The van der Waals surface area contributed by atoms with Gasteiger partial charge in [0, 0.05) is 5.75 Å². The quantitative estimate of drug-likeness (QED) is 0.543. The number of aldehydes is 1. The van der Waals surface area contributed by atoms with Gasteiger partial charge in [-0.3, -0.25) is 0 Å². The first kappa shape index (κ1) is 7.05. The van der Waals surface area contributed by atoms with Crippen LogP contribution in [0.15, 0.2) is 0 Å². The van der Waals surface area contributed by atoms with Gasteiger partial charge in [0.25, 0.3) is 0 Å². The van der Waals surface area contributed by atoms with Gasteiger partial charge in [0.1, 0.15) is 17.8 Å². The molecule has 0 spiro atoms. The molecule has 1 fully saturated rings. The second-order valence-corrected chi connectivity index (χ2v) is 2.95. The van der Waals surface area contributed by atoms with Crippen molar-refractivity contribution in [2.24, 2.45) is 0 Å². The number of rotatable bonds is 2. The minimum atomic E-state index is -0.299. The first-order valence-corrected chi connectivity index (χ1v) is 3.75. The van der Waals surface area contributed by atoms with Crippen LogP contribution in [0.25, 0.3) is 0 Å². The highest BCUT2D eigenvalue weighted by atomic mass is 32.2. The van der Waals surface area contributed by atoms with Crippen molar-refractivity contribution in [1.29, 1.82) is 0 Å². The summed E-state index contributed by atoms with van der Waals surface area (Å²) in [4.78, 5) is 10.0. The second-order valence-electron chi connectivity index (χ2n) is 1.76. The van der Waals surface area contributed by atoms with Crippen LogP contribution >= 0.6 is 11.8 Å². The van der Waals surface area contributed by atoms with Crippen molar-refractivity contribution < 1.29 is 14.6 Å². The van der Waals surface area contributed by atoms with E-state index in [4.69, 9.17) is 9.84 Å². The van der Waals surface area contributed by atoms with E-state index < -0.39 is 0 Å². The van der Waals surface area contributed by atoms with E-state index in [0.717, 1.165) is 6.29 Å². The summed E-state index contributed by atoms with van der Waals surface area (Å²) in [6.45, 7) is -0.00495. The molecule has 0 amide bonds. The monoisotopic (exact) mass is 148 g/mol. The molecule has 1 saturated heterocycles. The summed E-state index contributed by atoms with van der Waals surface area (Å²) < 4.78 is 5.00. The van der Waals surface area contributed by atoms with Crippen molar-refractivity contribution in [3.8, 4) is 0 Å². The molecule has 52 valence electrons. The number of hydrogen-bond donors (Lipinski definition) is 1. The third-order valence-corrected chi connectivity index (χ3v) is 2.23. The summed E-state index contributed by atoms with van der Waals surface area (Å²) in [7, 11) is 0. The number of ether oxygens (including phenoxy) is 1. The van der Waals surface area contributed by atoms with E-state index in [1.165, 1.54) is 11.8 Å². The summed E-state index contributed by atoms with van der Waals surface area (Å²) in [5.41, 5.74) is -0.180. The molecule has 0 bridgehead atoms. The van der Waals surface area contributed by atoms with Crippen LogP contribution in [-0.2, 0) is 9.53 Å². The minimum absolute atomic E-state index is 0.00495. The standard InChI is InChI=1S/C5H8O3S/c6-1-4-3-9-5(2-7)8-4/h1,4-5,7H,2-3H2/t4-,5-/m1/s1. The van der Waals surface area contributed by atoms with Gasteiger partial charge in [0.2, 0.25) is 0 Å². The van der Waals surface area contributed by atoms with Crippen molar-refractivity contribution in [3.63, 3.8) is 0 Å². The zero-order valence-corrected chi connectivity index (χ0v) is 5.63. The SMILES string of the molecule is O=C[C@@H]1CS[C@H](CO)O1. The highest BCUT2D eigenvalue weighted by Crippen LogP contribution is 2.22. The topological polar surface area (TPSA) is 46.5 Å². The third-order valence-electron chi connectivity index (χ3n) is 1.07. The average Bonchev–Trinajstić information content (AvgIpc) is 2.34. The molecule has 0 unspecified atom stereocenters. The van der Waals surface area contributed by atoms with Crippen LogP contribution in [0.1, 0.15) is 0 Å². The number of carbonyl (C=O) groups is 1. The Kier molecular flexibility index (Phi) is 2.50. The molecule has 0 saturated carbocycles. The van der Waals surface area contributed by atoms with Gasteiger partial charge < -0.3 is 14.6 Å². The number of aliphatic hydroxyl groups excluding tert-OH is 1. The van der Waals surface area contributed by atoms with E-state index in [1.54, 1.807) is 0 Å². The molecular weight excluding hydrogens is 140 g/mol. The summed E-state index contributed by atoms with van der Waals surface area (Å²) in [5, 5.41) is 8.52. The Balaban J connectivity index is 2.28. The fourth-order valence-corrected chi connectivity index (χ4v) is 1.53. The number of hydrogen-bond acceptors (Lipinski definition) is 4. The molecule has 0 aromatic heterocycles. The molecule has 0 aliphatic carbocycles. The van der Waals surface area contributed by atoms with Gasteiger partial charge in [0.05, 0.1) is 6.61 Å². The molecule has 9 heavy (non-hydrogen) atoms. The molecule has 3 nitrogen and oxygen atoms in total. The zero-order valence-electron chi connectivity index (χ0n) is 4.82. The largest absolute Gasteiger partial charge is 0.393 e. The summed E-state index contributed by atoms with van der Waals surface area (Å²) >= 11 is 1.47. The van der Waals surface area contributed by atoms with E-state index in [0.29, 0.717) is 5.75 Å². The lowest BCUT2D eigenvalue weighted by Gasteiger charge is -2.02. The summed E-state index contributed by atoms with van der Waals surface area (Å²) in [6, 6.07) is 0. The zero-order chi connectivity index (χ0) is 6.69. The van der Waals surface area contributed by atoms with Crippen LogP contribution in [-0.4, -0.2) is 35.3 Å². The third kappa shape index (κ3) is 1.67. The normalized spacial score (nSPS) is 34.8. The lowest BCUT2D eigenvalue weighted by molar-refractivity contribution is -0.117. The molecular formula is C5H8O3S. The smallest absolute Gasteiger partial charge is 0.149 e. The maximum absolute atomic E-state index is 10.0. The van der Waals surface area contributed by atoms with Crippen LogP contribution in [0, 0.1) is 0 Å². The molecule has 0 aromatic rings. The van der Waals surface area contributed by atoms with E-state index in [-0.39, 0.29) is 18.1 Å². The Bertz CT molecular complexity index is 106. The van der Waals surface area contributed by atoms with E-state index >= 15 is 0 Å². The van der Waals surface area contributed by atoms with Crippen LogP contribution in [0.2, 0.25) is 0 Å². The van der Waals surface area contributed by atoms with Gasteiger partial charge in [0.15, 0.2) is 0 Å². The lowest BCUT2D eigenvalue weighted by Crippen LogP contribution is -2.15. The molecule has 0 aromatic carbocycles. The maximum atomic E-state index is 10.0. The van der Waals surface area contributed by atoms with Crippen molar-refractivity contribution in [3.05, 3.63) is 0 Å². The van der Waals surface area contributed by atoms with Gasteiger partial charge in [-0.2, -0.15) is 0 Å². The molecule has 0 radical (unpaired) electrons. The Hall–Kier alpha value is -0.0600. The van der Waals surface area contributed by atoms with Crippen LogP contribution in [0.4, 0.5) is 0 Å². The highest BCUT2D eigenvalue weighted by molar-refractivity contribution is 8.00. The molecule has 1 N–H and O–H groups in total. The number of aliphatic hydroxyl groups is 1. The summed E-state index contributed by atoms with van der Waals surface area (Å²) in [6.07, 6.45) is 0.468. The molecule has 2 atom stereocenters. The van der Waals surface area contributed by atoms with Crippen molar-refractivity contribution >= 4 is 18.0 Å². The van der Waals surface area contributed by atoms with E-state index in [9.17, 15) is 4.79 Å². The van der Waals surface area contributed by atoms with Crippen LogP contribution in [0.3, 0.4) is 0 Å². The summed E-state index contributed by atoms with van der Waals surface area (Å²) in [5.74, 6) is 0.675. The minimum Gasteiger partial charge on any atom is -0.393 e. The fourth-order valence-electron chi connectivity index (χ4n) is 0.643. The molecule has 1 aliphatic heterocycles. The predicted octanol–water partition coefficient (Wildman–Crippen LogP) is -0.364. The van der Waals surface area contributed by atoms with Gasteiger partial charge in [-0.25, -0.2) is 0 Å². The fraction of sp³-hybridized carbons (Fsp3) is 0.800. The predicted molar refractivity (Wildman–Crippen MR) is 34.3 cm³/mol. The van der Waals surface area contributed by atoms with Crippen molar-refractivity contribution in [2.75, 3.05) is 12.4 Å². The van der Waals surface area contributed by atoms with Gasteiger partial charge in [-0.1, -0.05) is 0 Å². The van der Waals surface area contributed by atoms with Gasteiger partial charge >= 0.3 is 0 Å². The van der Waals surface area contributed by atoms with Crippen LogP contribution in [0.5, 0.6) is 0 Å². The Labute approximate surface area is 57.4 Å². The Morgan fingerprint density at radius 1 is 1.89 bits per heavy atom. The first-order chi connectivity index (χ1) is 4.36. The molecule has 1 heterocycles. The molecule has 1 rings (SSSR count). The van der Waals surface area contributed by atoms with Crippen molar-refractivity contribution in [1.82, 2.24) is 0 Å². The van der Waals surface area contributed by atoms with E-state index in [1.807, 2.05) is 0 Å². The highest BCUT2D eigenvalue weighted by Gasteiger charge is 2.23.